The predicted molar refractivity (Wildman–Crippen MR) is 86.1 cm³/mol. The van der Waals surface area contributed by atoms with Gasteiger partial charge in [-0.3, -0.25) is 35.1 Å². The Morgan fingerprint density at radius 3 is 1.72 bits per heavy atom. The Balaban J connectivity index is 2.58. The quantitative estimate of drug-likeness (QED) is 0.473. The van der Waals surface area contributed by atoms with Gasteiger partial charge in [0, 0.05) is 11.3 Å². The first kappa shape index (κ1) is 17.5. The van der Waals surface area contributed by atoms with Crippen molar-refractivity contribution in [2.75, 3.05) is 5.32 Å². The number of anilines is 2. The number of nitro groups is 3. The summed E-state index contributed by atoms with van der Waals surface area (Å²) in [5.41, 5.74) is -2.25. The highest BCUT2D eigenvalue weighted by atomic mass is 16.6. The van der Waals surface area contributed by atoms with Crippen molar-refractivity contribution >= 4 is 34.2 Å². The zero-order chi connectivity index (χ0) is 18.7. The maximum atomic E-state index is 11.2. The van der Waals surface area contributed by atoms with Crippen LogP contribution in [0.25, 0.3) is 0 Å². The molecule has 0 bridgehead atoms. The van der Waals surface area contributed by atoms with Gasteiger partial charge in [-0.15, -0.1) is 0 Å². The number of carbonyl (C=O) groups excluding carboxylic acids is 1. The van der Waals surface area contributed by atoms with Crippen molar-refractivity contribution in [1.29, 1.82) is 0 Å². The monoisotopic (exact) mass is 346 g/mol. The molecule has 2 aromatic rings. The molecule has 0 spiro atoms. The van der Waals surface area contributed by atoms with Crippen molar-refractivity contribution < 1.29 is 19.6 Å². The van der Waals surface area contributed by atoms with Gasteiger partial charge in [-0.1, -0.05) is 0 Å². The first-order valence-electron chi connectivity index (χ1n) is 6.70. The lowest BCUT2D eigenvalue weighted by molar-refractivity contribution is -0.401. The molecular formula is C14H10N4O7. The van der Waals surface area contributed by atoms with E-state index in [0.29, 0.717) is 17.7 Å². The lowest BCUT2D eigenvalue weighted by atomic mass is 10.1. The zero-order valence-electron chi connectivity index (χ0n) is 12.7. The molecule has 1 N–H and O–H groups in total. The van der Waals surface area contributed by atoms with Crippen LogP contribution < -0.4 is 5.32 Å². The Hall–Kier alpha value is -3.89. The minimum atomic E-state index is -0.953. The van der Waals surface area contributed by atoms with Gasteiger partial charge in [-0.05, 0) is 31.2 Å². The molecule has 11 heteroatoms. The van der Waals surface area contributed by atoms with Crippen LogP contribution in [-0.2, 0) is 0 Å². The predicted octanol–water partition coefficient (Wildman–Crippen LogP) is 3.36. The van der Waals surface area contributed by atoms with Crippen molar-refractivity contribution in [1.82, 2.24) is 0 Å². The van der Waals surface area contributed by atoms with Gasteiger partial charge in [-0.2, -0.15) is 0 Å². The third-order valence-electron chi connectivity index (χ3n) is 3.25. The van der Waals surface area contributed by atoms with Crippen LogP contribution in [0.3, 0.4) is 0 Å². The maximum Gasteiger partial charge on any atom is 0.306 e. The highest BCUT2D eigenvalue weighted by Gasteiger charge is 2.30. The van der Waals surface area contributed by atoms with Gasteiger partial charge in [0.2, 0.25) is 0 Å². The maximum absolute atomic E-state index is 11.2. The van der Waals surface area contributed by atoms with E-state index in [1.165, 1.54) is 31.2 Å². The molecular weight excluding hydrogens is 336 g/mol. The summed E-state index contributed by atoms with van der Waals surface area (Å²) in [4.78, 5) is 41.6. The fourth-order valence-electron chi connectivity index (χ4n) is 2.05. The van der Waals surface area contributed by atoms with Crippen molar-refractivity contribution in [2.45, 2.75) is 6.92 Å². The number of nitro benzene ring substituents is 3. The number of hydrogen-bond acceptors (Lipinski definition) is 8. The van der Waals surface area contributed by atoms with Crippen molar-refractivity contribution in [3.05, 3.63) is 72.3 Å². The summed E-state index contributed by atoms with van der Waals surface area (Å²) in [5.74, 6) is -0.196. The lowest BCUT2D eigenvalue weighted by Crippen LogP contribution is -2.03. The van der Waals surface area contributed by atoms with Gasteiger partial charge in [0.25, 0.3) is 5.69 Å². The highest BCUT2D eigenvalue weighted by molar-refractivity contribution is 5.94. The number of carbonyl (C=O) groups is 1. The van der Waals surface area contributed by atoms with E-state index in [4.69, 9.17) is 0 Å². The Morgan fingerprint density at radius 2 is 1.36 bits per heavy atom. The van der Waals surface area contributed by atoms with Crippen molar-refractivity contribution in [2.24, 2.45) is 0 Å². The zero-order valence-corrected chi connectivity index (χ0v) is 12.7. The standard InChI is InChI=1S/C14H10N4O7/c1-8(19)9-2-4-10(5-3-9)15-14-12(17(22)23)6-11(16(20)21)7-13(14)18(24)25/h2-7,15H,1H3. The number of nitrogens with one attached hydrogen (secondary N) is 1. The molecule has 0 radical (unpaired) electrons. The third kappa shape index (κ3) is 3.72. The minimum Gasteiger partial charge on any atom is -0.344 e. The smallest absolute Gasteiger partial charge is 0.306 e. The molecule has 2 aromatic carbocycles. The van der Waals surface area contributed by atoms with Gasteiger partial charge in [0.15, 0.2) is 11.5 Å². The van der Waals surface area contributed by atoms with Gasteiger partial charge >= 0.3 is 11.4 Å². The first-order valence-corrected chi connectivity index (χ1v) is 6.70. The van der Waals surface area contributed by atoms with Gasteiger partial charge in [-0.25, -0.2) is 0 Å². The molecule has 0 amide bonds. The number of nitrogens with zero attached hydrogens (tertiary/aromatic N) is 3. The van der Waals surface area contributed by atoms with Crippen molar-refractivity contribution in [3.63, 3.8) is 0 Å². The molecule has 11 nitrogen and oxygen atoms in total. The molecule has 0 saturated carbocycles. The molecule has 0 aliphatic carbocycles. The SMILES string of the molecule is CC(=O)c1ccc(Nc2c([N+](=O)[O-])cc([N+](=O)[O-])cc2[N+](=O)[O-])cc1. The summed E-state index contributed by atoms with van der Waals surface area (Å²) in [7, 11) is 0. The fraction of sp³-hybridized carbons (Fsp3) is 0.0714. The molecule has 0 saturated heterocycles. The van der Waals surface area contributed by atoms with Crippen LogP contribution in [0.15, 0.2) is 36.4 Å². The van der Waals surface area contributed by atoms with E-state index in [2.05, 4.69) is 5.32 Å². The second-order valence-corrected chi connectivity index (χ2v) is 4.89. The van der Waals surface area contributed by atoms with Gasteiger partial charge in [0.1, 0.15) is 0 Å². The first-order chi connectivity index (χ1) is 11.7. The summed E-state index contributed by atoms with van der Waals surface area (Å²) in [6.45, 7) is 1.36. The highest BCUT2D eigenvalue weighted by Crippen LogP contribution is 2.40. The molecule has 0 aromatic heterocycles. The van der Waals surface area contributed by atoms with E-state index in [1.54, 1.807) is 0 Å². The largest absolute Gasteiger partial charge is 0.344 e. The Morgan fingerprint density at radius 1 is 0.880 bits per heavy atom. The van der Waals surface area contributed by atoms with E-state index >= 15 is 0 Å². The average molecular weight is 346 g/mol. The molecule has 0 atom stereocenters. The van der Waals surface area contributed by atoms with Crippen molar-refractivity contribution in [3.8, 4) is 0 Å². The van der Waals surface area contributed by atoms with Crippen LogP contribution in [0.1, 0.15) is 17.3 Å². The summed E-state index contributed by atoms with van der Waals surface area (Å²) in [6, 6.07) is 6.97. The van der Waals surface area contributed by atoms with Crippen LogP contribution in [0.5, 0.6) is 0 Å². The number of Topliss-reactive ketones (excluding diaryl/α,β-unsaturated/α-hetero) is 1. The Kier molecular flexibility index (Phi) is 4.68. The molecule has 25 heavy (non-hydrogen) atoms. The van der Waals surface area contributed by atoms with E-state index in [9.17, 15) is 35.1 Å². The molecule has 0 aliphatic heterocycles. The third-order valence-corrected chi connectivity index (χ3v) is 3.25. The molecule has 2 rings (SSSR count). The van der Waals surface area contributed by atoms with E-state index in [-0.39, 0.29) is 11.5 Å². The molecule has 128 valence electrons. The molecule has 0 heterocycles. The second-order valence-electron chi connectivity index (χ2n) is 4.89. The summed E-state index contributed by atoms with van der Waals surface area (Å²) in [6.07, 6.45) is 0. The van der Waals surface area contributed by atoms with Crippen LogP contribution in [0, 0.1) is 30.3 Å². The van der Waals surface area contributed by atoms with Gasteiger partial charge in [0.05, 0.1) is 26.9 Å². The van der Waals surface area contributed by atoms with Gasteiger partial charge < -0.3 is 5.32 Å². The summed E-state index contributed by atoms with van der Waals surface area (Å²) < 4.78 is 0. The normalized spacial score (nSPS) is 10.1. The summed E-state index contributed by atoms with van der Waals surface area (Å²) >= 11 is 0. The van der Waals surface area contributed by atoms with Crippen LogP contribution >= 0.6 is 0 Å². The average Bonchev–Trinajstić information content (AvgIpc) is 2.54. The Bertz CT molecular complexity index is 858. The van der Waals surface area contributed by atoms with Crippen LogP contribution in [0.2, 0.25) is 0 Å². The number of rotatable bonds is 6. The minimum absolute atomic E-state index is 0.196. The summed E-state index contributed by atoms with van der Waals surface area (Å²) in [5, 5.41) is 35.7. The topological polar surface area (TPSA) is 159 Å². The molecule has 0 aliphatic rings. The number of benzene rings is 2. The number of non-ortho nitro benzene ring substituents is 1. The van der Waals surface area contributed by atoms with E-state index in [0.717, 1.165) is 0 Å². The fourth-order valence-corrected chi connectivity index (χ4v) is 2.05. The second kappa shape index (κ2) is 6.70. The number of hydrogen-bond donors (Lipinski definition) is 1. The van der Waals surface area contributed by atoms with E-state index in [1.807, 2.05) is 0 Å². The van der Waals surface area contributed by atoms with Crippen LogP contribution in [0.4, 0.5) is 28.4 Å². The number of ketones is 1. The Labute approximate surface area is 139 Å². The lowest BCUT2D eigenvalue weighted by Gasteiger charge is -2.08. The molecule has 0 unspecified atom stereocenters. The van der Waals surface area contributed by atoms with Crippen LogP contribution in [-0.4, -0.2) is 20.6 Å². The van der Waals surface area contributed by atoms with E-state index < -0.39 is 37.5 Å². The molecule has 0 fully saturated rings.